The zero-order valence-electron chi connectivity index (χ0n) is 7.46. The highest BCUT2D eigenvalue weighted by Crippen LogP contribution is 2.24. The van der Waals surface area contributed by atoms with Gasteiger partial charge in [-0.15, -0.1) is 11.3 Å². The second-order valence-electron chi connectivity index (χ2n) is 2.27. The maximum atomic E-state index is 11.3. The normalized spacial score (nSPS) is 10.5. The van der Waals surface area contributed by atoms with Crippen molar-refractivity contribution in [2.24, 2.45) is 4.40 Å². The van der Waals surface area contributed by atoms with Gasteiger partial charge in [0, 0.05) is 0 Å². The number of hydrogen-bond donors (Lipinski definition) is 0. The summed E-state index contributed by atoms with van der Waals surface area (Å²) in [6, 6.07) is 1.28. The number of hydrogen-bond acceptors (Lipinski definition) is 6. The summed E-state index contributed by atoms with van der Waals surface area (Å²) < 4.78 is 29.3. The topological polar surface area (TPSA) is 89.9 Å². The number of sulfonamides is 1. The van der Waals surface area contributed by atoms with Crippen molar-refractivity contribution in [1.29, 1.82) is 0 Å². The molecule has 0 aliphatic rings. The van der Waals surface area contributed by atoms with Crippen LogP contribution in [0.3, 0.4) is 0 Å². The number of thiophene rings is 1. The van der Waals surface area contributed by atoms with Crippen molar-refractivity contribution >= 4 is 33.4 Å². The van der Waals surface area contributed by atoms with Crippen LogP contribution in [0.5, 0.6) is 0 Å². The van der Waals surface area contributed by atoms with Crippen LogP contribution in [0.25, 0.3) is 0 Å². The summed E-state index contributed by atoms with van der Waals surface area (Å²) >= 11 is 0.779. The van der Waals surface area contributed by atoms with Crippen molar-refractivity contribution in [3.8, 4) is 0 Å². The third-order valence-electron chi connectivity index (χ3n) is 1.43. The molecule has 0 spiro atoms. The second-order valence-corrected chi connectivity index (χ2v) is 4.99. The van der Waals surface area contributed by atoms with Crippen molar-refractivity contribution in [2.45, 2.75) is 4.21 Å². The number of ether oxygens (including phenoxy) is 1. The Bertz CT molecular complexity index is 523. The monoisotopic (exact) mass is 247 g/mol. The highest BCUT2D eigenvalue weighted by atomic mass is 32.2. The first-order valence-corrected chi connectivity index (χ1v) is 5.85. The fourth-order valence-corrected chi connectivity index (χ4v) is 2.83. The van der Waals surface area contributed by atoms with Crippen LogP contribution in [0.15, 0.2) is 20.1 Å². The van der Waals surface area contributed by atoms with E-state index in [0.29, 0.717) is 0 Å². The van der Waals surface area contributed by atoms with E-state index >= 15 is 0 Å². The molecule has 15 heavy (non-hydrogen) atoms. The van der Waals surface area contributed by atoms with Gasteiger partial charge in [0.05, 0.1) is 12.7 Å². The molecule has 0 aromatic carbocycles. The van der Waals surface area contributed by atoms with Crippen LogP contribution in [0.4, 0.5) is 0 Å². The largest absolute Gasteiger partial charge is 0.465 e. The third kappa shape index (κ3) is 2.30. The minimum absolute atomic E-state index is 0.137. The summed E-state index contributed by atoms with van der Waals surface area (Å²) in [6.45, 7) is 0. The molecule has 0 saturated heterocycles. The Balaban J connectivity index is 3.34. The van der Waals surface area contributed by atoms with E-state index in [1.54, 1.807) is 0 Å². The van der Waals surface area contributed by atoms with Crippen LogP contribution in [-0.4, -0.2) is 27.6 Å². The quantitative estimate of drug-likeness (QED) is 0.442. The van der Waals surface area contributed by atoms with Crippen LogP contribution in [-0.2, 0) is 19.6 Å². The second kappa shape index (κ2) is 4.35. The van der Waals surface area contributed by atoms with E-state index < -0.39 is 16.0 Å². The molecule has 6 nitrogen and oxygen atoms in total. The Morgan fingerprint density at radius 1 is 1.60 bits per heavy atom. The first-order valence-electron chi connectivity index (χ1n) is 3.53. The van der Waals surface area contributed by atoms with Crippen LogP contribution in [0.2, 0.25) is 0 Å². The van der Waals surface area contributed by atoms with E-state index in [1.807, 2.05) is 0 Å². The smallest absolute Gasteiger partial charge is 0.340 e. The molecule has 0 aliphatic carbocycles. The minimum Gasteiger partial charge on any atom is -0.465 e. The van der Waals surface area contributed by atoms with Crippen molar-refractivity contribution < 1.29 is 22.7 Å². The number of rotatable bonds is 3. The Labute approximate surface area is 89.3 Å². The molecule has 0 amide bonds. The first-order chi connectivity index (χ1) is 7.03. The van der Waals surface area contributed by atoms with E-state index in [0.717, 1.165) is 24.5 Å². The number of nitrogens with zero attached hydrogens (tertiary/aromatic N) is 1. The van der Waals surface area contributed by atoms with Gasteiger partial charge in [0.15, 0.2) is 4.21 Å². The molecule has 0 unspecified atom stereocenters. The van der Waals surface area contributed by atoms with Gasteiger partial charge in [-0.05, 0) is 11.4 Å². The lowest BCUT2D eigenvalue weighted by molar-refractivity contribution is 0.0597. The third-order valence-corrected chi connectivity index (χ3v) is 4.06. The van der Waals surface area contributed by atoms with Crippen LogP contribution in [0, 0.1) is 0 Å². The number of esters is 1. The van der Waals surface area contributed by atoms with Gasteiger partial charge in [-0.2, -0.15) is 8.42 Å². The Hall–Kier alpha value is -1.50. The van der Waals surface area contributed by atoms with Gasteiger partial charge in [-0.25, -0.2) is 9.59 Å². The standard InChI is InChI=1S/C7H5NO5S2/c1-13-6(10)5-2-3-14-7(5)15(11,12)8-4-9/h2-3H,1H3. The van der Waals surface area contributed by atoms with Gasteiger partial charge in [0.1, 0.15) is 0 Å². The van der Waals surface area contributed by atoms with E-state index in [4.69, 9.17) is 0 Å². The van der Waals surface area contributed by atoms with Crippen LogP contribution < -0.4 is 0 Å². The predicted molar refractivity (Wildman–Crippen MR) is 51.0 cm³/mol. The van der Waals surface area contributed by atoms with E-state index in [-0.39, 0.29) is 9.77 Å². The van der Waals surface area contributed by atoms with Crippen molar-refractivity contribution in [3.05, 3.63) is 17.0 Å². The average molecular weight is 247 g/mol. The molecule has 0 radical (unpaired) electrons. The summed E-state index contributed by atoms with van der Waals surface area (Å²) in [5.41, 5.74) is -0.137. The highest BCUT2D eigenvalue weighted by molar-refractivity contribution is 7.92. The average Bonchev–Trinajstić information content (AvgIpc) is 2.65. The van der Waals surface area contributed by atoms with Gasteiger partial charge < -0.3 is 4.74 Å². The molecule has 0 fully saturated rings. The Morgan fingerprint density at radius 2 is 2.27 bits per heavy atom. The Morgan fingerprint density at radius 3 is 2.80 bits per heavy atom. The number of carbonyl (C=O) groups is 1. The number of isocyanates is 1. The lowest BCUT2D eigenvalue weighted by atomic mass is 10.3. The van der Waals surface area contributed by atoms with Gasteiger partial charge in [-0.3, -0.25) is 0 Å². The molecule has 1 rings (SSSR count). The SMILES string of the molecule is COC(=O)c1ccsc1S(=O)(=O)N=C=O. The predicted octanol–water partition coefficient (Wildman–Crippen LogP) is 0.559. The minimum atomic E-state index is -4.13. The summed E-state index contributed by atoms with van der Waals surface area (Å²) in [5.74, 6) is -0.795. The maximum Gasteiger partial charge on any atom is 0.340 e. The van der Waals surface area contributed by atoms with E-state index in [2.05, 4.69) is 9.13 Å². The van der Waals surface area contributed by atoms with Gasteiger partial charge in [0.2, 0.25) is 0 Å². The zero-order chi connectivity index (χ0) is 11.5. The molecule has 0 aliphatic heterocycles. The zero-order valence-corrected chi connectivity index (χ0v) is 9.09. The molecule has 0 atom stereocenters. The summed E-state index contributed by atoms with van der Waals surface area (Å²) in [6.07, 6.45) is 0.922. The molecular formula is C7H5NO5S2. The van der Waals surface area contributed by atoms with Crippen LogP contribution in [0.1, 0.15) is 10.4 Å². The first kappa shape index (κ1) is 11.6. The Kier molecular flexibility index (Phi) is 3.35. The van der Waals surface area contributed by atoms with Crippen molar-refractivity contribution in [3.63, 3.8) is 0 Å². The lowest BCUT2D eigenvalue weighted by Gasteiger charge is -1.97. The number of carbonyl (C=O) groups excluding carboxylic acids is 2. The van der Waals surface area contributed by atoms with E-state index in [1.165, 1.54) is 11.4 Å². The van der Waals surface area contributed by atoms with Crippen molar-refractivity contribution in [2.75, 3.05) is 7.11 Å². The number of methoxy groups -OCH3 is 1. The van der Waals surface area contributed by atoms with Gasteiger partial charge in [0.25, 0.3) is 6.08 Å². The molecule has 1 aromatic rings. The van der Waals surface area contributed by atoms with Gasteiger partial charge >= 0.3 is 16.0 Å². The molecule has 0 bridgehead atoms. The molecule has 1 aromatic heterocycles. The maximum absolute atomic E-state index is 11.3. The molecule has 0 N–H and O–H groups in total. The summed E-state index contributed by atoms with van der Waals surface area (Å²) in [4.78, 5) is 21.0. The molecule has 1 heterocycles. The highest BCUT2D eigenvalue weighted by Gasteiger charge is 2.24. The van der Waals surface area contributed by atoms with Gasteiger partial charge in [-0.1, -0.05) is 4.40 Å². The summed E-state index contributed by atoms with van der Waals surface area (Å²) in [5, 5.41) is 1.39. The molecule has 80 valence electrons. The van der Waals surface area contributed by atoms with E-state index in [9.17, 15) is 18.0 Å². The fraction of sp³-hybridized carbons (Fsp3) is 0.143. The van der Waals surface area contributed by atoms with Crippen molar-refractivity contribution in [1.82, 2.24) is 0 Å². The van der Waals surface area contributed by atoms with Crippen LogP contribution >= 0.6 is 11.3 Å². The molecule has 8 heteroatoms. The molecular weight excluding hydrogens is 242 g/mol. The fourth-order valence-electron chi connectivity index (χ4n) is 0.847. The lowest BCUT2D eigenvalue weighted by Crippen LogP contribution is -2.05. The molecule has 0 saturated carbocycles. The summed E-state index contributed by atoms with van der Waals surface area (Å²) in [7, 11) is -3.01.